The first-order valence-corrected chi connectivity index (χ1v) is 7.05. The molecular weight excluding hydrogens is 230 g/mol. The van der Waals surface area contributed by atoms with Crippen molar-refractivity contribution in [2.24, 2.45) is 0 Å². The van der Waals surface area contributed by atoms with E-state index in [1.54, 1.807) is 4.90 Å². The molecule has 0 aromatic carbocycles. The van der Waals surface area contributed by atoms with Gasteiger partial charge in [-0.15, -0.1) is 0 Å². The van der Waals surface area contributed by atoms with Crippen LogP contribution >= 0.6 is 0 Å². The Balaban J connectivity index is 0.000000225. The summed E-state index contributed by atoms with van der Waals surface area (Å²) >= 11 is 0. The van der Waals surface area contributed by atoms with Crippen molar-refractivity contribution in [2.75, 3.05) is 26.3 Å². The summed E-state index contributed by atoms with van der Waals surface area (Å²) in [7, 11) is 0. The third-order valence-electron chi connectivity index (χ3n) is 2.84. The monoisotopic (exact) mass is 257 g/mol. The Bertz CT molecular complexity index is 226. The van der Waals surface area contributed by atoms with Gasteiger partial charge in [-0.05, 0) is 52.9 Å². The van der Waals surface area contributed by atoms with Crippen molar-refractivity contribution < 1.29 is 14.3 Å². The van der Waals surface area contributed by atoms with Crippen LogP contribution in [0.2, 0.25) is 0 Å². The zero-order valence-electron chi connectivity index (χ0n) is 12.0. The fourth-order valence-corrected chi connectivity index (χ4v) is 1.91. The molecule has 2 fully saturated rings. The van der Waals surface area contributed by atoms with Crippen molar-refractivity contribution in [3.63, 3.8) is 0 Å². The third-order valence-corrected chi connectivity index (χ3v) is 2.84. The number of hydrogen-bond acceptors (Lipinski definition) is 3. The van der Waals surface area contributed by atoms with Gasteiger partial charge < -0.3 is 14.4 Å². The summed E-state index contributed by atoms with van der Waals surface area (Å²) in [5.74, 6) is 0. The molecule has 0 unspecified atom stereocenters. The van der Waals surface area contributed by atoms with Crippen LogP contribution in [0.3, 0.4) is 0 Å². The molecule has 0 spiro atoms. The number of likely N-dealkylation sites (tertiary alicyclic amines) is 1. The molecule has 0 aliphatic carbocycles. The van der Waals surface area contributed by atoms with Crippen LogP contribution in [0.1, 0.15) is 52.9 Å². The number of carbonyl (C=O) groups is 1. The fraction of sp³-hybridized carbons (Fsp3) is 0.929. The van der Waals surface area contributed by atoms with Gasteiger partial charge in [-0.1, -0.05) is 0 Å². The van der Waals surface area contributed by atoms with E-state index >= 15 is 0 Å². The number of rotatable bonds is 0. The van der Waals surface area contributed by atoms with E-state index in [9.17, 15) is 4.79 Å². The molecule has 2 rings (SSSR count). The third kappa shape index (κ3) is 6.84. The summed E-state index contributed by atoms with van der Waals surface area (Å²) in [5.41, 5.74) is -0.361. The fourth-order valence-electron chi connectivity index (χ4n) is 1.91. The maximum Gasteiger partial charge on any atom is 0.410 e. The van der Waals surface area contributed by atoms with Gasteiger partial charge in [-0.2, -0.15) is 0 Å². The summed E-state index contributed by atoms with van der Waals surface area (Å²) in [4.78, 5) is 13.1. The van der Waals surface area contributed by atoms with Gasteiger partial charge in [-0.25, -0.2) is 4.79 Å². The first kappa shape index (κ1) is 15.3. The molecule has 18 heavy (non-hydrogen) atoms. The first-order chi connectivity index (χ1) is 8.49. The average Bonchev–Trinajstić information content (AvgIpc) is 2.83. The smallest absolute Gasteiger partial charge is 0.410 e. The minimum Gasteiger partial charge on any atom is -0.444 e. The van der Waals surface area contributed by atoms with E-state index in [0.717, 1.165) is 39.1 Å². The van der Waals surface area contributed by atoms with Crippen molar-refractivity contribution in [3.8, 4) is 0 Å². The van der Waals surface area contributed by atoms with Crippen LogP contribution in [0.25, 0.3) is 0 Å². The average molecular weight is 257 g/mol. The maximum atomic E-state index is 11.4. The highest BCUT2D eigenvalue weighted by molar-refractivity contribution is 5.68. The molecule has 0 radical (unpaired) electrons. The SMILES string of the molecule is C1CCOCC1.CC(C)(C)OC(=O)N1CCCC1. The number of nitrogens with zero attached hydrogens (tertiary/aromatic N) is 1. The molecule has 0 bridgehead atoms. The molecule has 2 aliphatic heterocycles. The number of hydrogen-bond donors (Lipinski definition) is 0. The molecule has 2 heterocycles. The number of carbonyl (C=O) groups excluding carboxylic acids is 1. The molecule has 4 nitrogen and oxygen atoms in total. The molecule has 0 atom stereocenters. The zero-order chi connectivity index (χ0) is 13.4. The van der Waals surface area contributed by atoms with Crippen LogP contribution in [0.5, 0.6) is 0 Å². The van der Waals surface area contributed by atoms with E-state index in [2.05, 4.69) is 0 Å². The molecule has 0 saturated carbocycles. The highest BCUT2D eigenvalue weighted by Gasteiger charge is 2.23. The second-order valence-corrected chi connectivity index (χ2v) is 5.85. The lowest BCUT2D eigenvalue weighted by Gasteiger charge is -2.23. The van der Waals surface area contributed by atoms with Crippen molar-refractivity contribution in [1.82, 2.24) is 4.90 Å². The van der Waals surface area contributed by atoms with Gasteiger partial charge in [0.15, 0.2) is 0 Å². The number of amides is 1. The molecule has 0 aromatic rings. The summed E-state index contributed by atoms with van der Waals surface area (Å²) < 4.78 is 10.3. The van der Waals surface area contributed by atoms with Crippen LogP contribution in [0.4, 0.5) is 4.79 Å². The van der Waals surface area contributed by atoms with Gasteiger partial charge in [0.2, 0.25) is 0 Å². The summed E-state index contributed by atoms with van der Waals surface area (Å²) in [6.07, 6.45) is 5.98. The van der Waals surface area contributed by atoms with E-state index in [1.165, 1.54) is 19.3 Å². The maximum absolute atomic E-state index is 11.4. The Kier molecular flexibility index (Phi) is 6.47. The molecule has 0 N–H and O–H groups in total. The zero-order valence-corrected chi connectivity index (χ0v) is 12.0. The van der Waals surface area contributed by atoms with E-state index in [1.807, 2.05) is 20.8 Å². The standard InChI is InChI=1S/C9H17NO2.C5H10O/c1-9(2,3)12-8(11)10-6-4-5-7-10;1-2-4-6-5-3-1/h4-7H2,1-3H3;1-5H2. The van der Waals surface area contributed by atoms with Gasteiger partial charge >= 0.3 is 6.09 Å². The second kappa shape index (κ2) is 7.62. The van der Waals surface area contributed by atoms with E-state index in [0.29, 0.717) is 0 Å². The summed E-state index contributed by atoms with van der Waals surface area (Å²) in [5, 5.41) is 0. The Hall–Kier alpha value is -0.770. The quantitative estimate of drug-likeness (QED) is 0.669. The van der Waals surface area contributed by atoms with Crippen molar-refractivity contribution in [2.45, 2.75) is 58.5 Å². The van der Waals surface area contributed by atoms with E-state index in [4.69, 9.17) is 9.47 Å². The largest absolute Gasteiger partial charge is 0.444 e. The Morgan fingerprint density at radius 2 is 1.56 bits per heavy atom. The van der Waals surface area contributed by atoms with Gasteiger partial charge in [0.25, 0.3) is 0 Å². The van der Waals surface area contributed by atoms with Crippen molar-refractivity contribution in [3.05, 3.63) is 0 Å². The topological polar surface area (TPSA) is 38.8 Å². The predicted molar refractivity (Wildman–Crippen MR) is 71.7 cm³/mol. The first-order valence-electron chi connectivity index (χ1n) is 7.05. The van der Waals surface area contributed by atoms with Crippen molar-refractivity contribution >= 4 is 6.09 Å². The molecule has 2 aliphatic rings. The molecule has 1 amide bonds. The summed E-state index contributed by atoms with van der Waals surface area (Å²) in [6, 6.07) is 0. The normalized spacial score (nSPS) is 20.1. The highest BCUT2D eigenvalue weighted by atomic mass is 16.6. The number of ether oxygens (including phenoxy) is 2. The molecule has 0 aromatic heterocycles. The Morgan fingerprint density at radius 3 is 1.89 bits per heavy atom. The van der Waals surface area contributed by atoms with Crippen LogP contribution in [-0.2, 0) is 9.47 Å². The van der Waals surface area contributed by atoms with Gasteiger partial charge in [0.1, 0.15) is 5.60 Å². The molecule has 106 valence electrons. The summed E-state index contributed by atoms with van der Waals surface area (Å²) in [6.45, 7) is 9.38. The predicted octanol–water partition coefficient (Wildman–Crippen LogP) is 3.20. The second-order valence-electron chi connectivity index (χ2n) is 5.85. The molecule has 4 heteroatoms. The van der Waals surface area contributed by atoms with Crippen LogP contribution in [0, 0.1) is 0 Å². The van der Waals surface area contributed by atoms with E-state index in [-0.39, 0.29) is 11.7 Å². The van der Waals surface area contributed by atoms with E-state index < -0.39 is 0 Å². The van der Waals surface area contributed by atoms with Crippen LogP contribution < -0.4 is 0 Å². The molecule has 2 saturated heterocycles. The minimum absolute atomic E-state index is 0.167. The van der Waals surface area contributed by atoms with Crippen LogP contribution in [0.15, 0.2) is 0 Å². The Labute approximate surface area is 111 Å². The molecular formula is C14H27NO3. The lowest BCUT2D eigenvalue weighted by Crippen LogP contribution is -2.34. The van der Waals surface area contributed by atoms with Gasteiger partial charge in [0, 0.05) is 26.3 Å². The minimum atomic E-state index is -0.361. The van der Waals surface area contributed by atoms with Gasteiger partial charge in [0.05, 0.1) is 0 Å². The van der Waals surface area contributed by atoms with Crippen molar-refractivity contribution in [1.29, 1.82) is 0 Å². The van der Waals surface area contributed by atoms with Gasteiger partial charge in [-0.3, -0.25) is 0 Å². The highest BCUT2D eigenvalue weighted by Crippen LogP contribution is 2.14. The Morgan fingerprint density at radius 1 is 1.00 bits per heavy atom. The van der Waals surface area contributed by atoms with Crippen LogP contribution in [-0.4, -0.2) is 42.9 Å². The lowest BCUT2D eigenvalue weighted by molar-refractivity contribution is 0.0295. The lowest BCUT2D eigenvalue weighted by atomic mass is 10.2.